The monoisotopic (exact) mass is 265 g/mol. The molecule has 0 heterocycles. The van der Waals surface area contributed by atoms with Crippen LogP contribution in [-0.4, -0.2) is 20.3 Å². The first kappa shape index (κ1) is 15.8. The van der Waals surface area contributed by atoms with E-state index in [2.05, 4.69) is 25.2 Å². The largest absolute Gasteiger partial charge is 0.493 e. The average Bonchev–Trinajstić information content (AvgIpc) is 2.38. The third kappa shape index (κ3) is 5.52. The molecule has 0 saturated heterocycles. The van der Waals surface area contributed by atoms with Crippen LogP contribution in [0.15, 0.2) is 18.2 Å². The number of hydrogen-bond donors (Lipinski definition) is 1. The van der Waals surface area contributed by atoms with E-state index in [1.807, 2.05) is 19.1 Å². The third-order valence-corrected chi connectivity index (χ3v) is 3.01. The molecule has 0 amide bonds. The second-order valence-electron chi connectivity index (χ2n) is 5.09. The molecule has 0 aliphatic heterocycles. The van der Waals surface area contributed by atoms with Gasteiger partial charge < -0.3 is 14.8 Å². The lowest BCUT2D eigenvalue weighted by atomic mass is 10.1. The fraction of sp³-hybridized carbons (Fsp3) is 0.625. The molecule has 0 unspecified atom stereocenters. The van der Waals surface area contributed by atoms with Crippen molar-refractivity contribution in [2.45, 2.75) is 40.2 Å². The van der Waals surface area contributed by atoms with Gasteiger partial charge in [0.15, 0.2) is 11.5 Å². The zero-order chi connectivity index (χ0) is 14.1. The molecule has 1 rings (SSSR count). The zero-order valence-corrected chi connectivity index (χ0v) is 12.7. The Morgan fingerprint density at radius 1 is 1.26 bits per heavy atom. The molecule has 0 atom stereocenters. The summed E-state index contributed by atoms with van der Waals surface area (Å²) in [5.41, 5.74) is 1.15. The van der Waals surface area contributed by atoms with Crippen LogP contribution in [0.25, 0.3) is 0 Å². The molecule has 1 N–H and O–H groups in total. The predicted molar refractivity (Wildman–Crippen MR) is 79.9 cm³/mol. The van der Waals surface area contributed by atoms with Gasteiger partial charge in [0.1, 0.15) is 0 Å². The number of hydrogen-bond acceptors (Lipinski definition) is 3. The van der Waals surface area contributed by atoms with Crippen LogP contribution < -0.4 is 14.8 Å². The Morgan fingerprint density at radius 2 is 2.05 bits per heavy atom. The fourth-order valence-corrected chi connectivity index (χ4v) is 2.06. The van der Waals surface area contributed by atoms with Crippen molar-refractivity contribution in [3.63, 3.8) is 0 Å². The van der Waals surface area contributed by atoms with Crippen molar-refractivity contribution in [1.82, 2.24) is 5.32 Å². The average molecular weight is 265 g/mol. The predicted octanol–water partition coefficient (Wildman–Crippen LogP) is 3.62. The molecule has 0 spiro atoms. The lowest BCUT2D eigenvalue weighted by molar-refractivity contribution is 0.308. The molecule has 0 aromatic heterocycles. The summed E-state index contributed by atoms with van der Waals surface area (Å²) >= 11 is 0. The lowest BCUT2D eigenvalue weighted by Gasteiger charge is -2.14. The van der Waals surface area contributed by atoms with Crippen molar-refractivity contribution in [2.24, 2.45) is 5.92 Å². The van der Waals surface area contributed by atoms with Crippen LogP contribution >= 0.6 is 0 Å². The van der Waals surface area contributed by atoms with E-state index in [4.69, 9.17) is 9.47 Å². The van der Waals surface area contributed by atoms with Crippen LogP contribution in [0.5, 0.6) is 11.5 Å². The summed E-state index contributed by atoms with van der Waals surface area (Å²) in [5, 5.41) is 3.47. The van der Waals surface area contributed by atoms with Crippen molar-refractivity contribution in [1.29, 1.82) is 0 Å². The Morgan fingerprint density at radius 3 is 2.68 bits per heavy atom. The summed E-state index contributed by atoms with van der Waals surface area (Å²) in [6.07, 6.45) is 2.48. The van der Waals surface area contributed by atoms with Crippen molar-refractivity contribution >= 4 is 0 Å². The van der Waals surface area contributed by atoms with Gasteiger partial charge in [-0.2, -0.15) is 0 Å². The standard InChI is InChI=1S/C16H27NO2/c1-5-19-15-10-6-9-14(16(15)18-4)12-17-11-7-8-13(2)3/h6,9-10,13,17H,5,7-8,11-12H2,1-4H3. The summed E-state index contributed by atoms with van der Waals surface area (Å²) < 4.78 is 11.0. The molecule has 0 aliphatic carbocycles. The molecule has 1 aromatic carbocycles. The quantitative estimate of drug-likeness (QED) is 0.692. The summed E-state index contributed by atoms with van der Waals surface area (Å²) in [6, 6.07) is 6.04. The van der Waals surface area contributed by atoms with Gasteiger partial charge in [-0.05, 0) is 38.3 Å². The van der Waals surface area contributed by atoms with Crippen LogP contribution in [-0.2, 0) is 6.54 Å². The van der Waals surface area contributed by atoms with E-state index in [1.165, 1.54) is 12.8 Å². The molecule has 0 fully saturated rings. The molecular formula is C16H27NO2. The van der Waals surface area contributed by atoms with Gasteiger partial charge in [-0.3, -0.25) is 0 Å². The van der Waals surface area contributed by atoms with E-state index in [1.54, 1.807) is 7.11 Å². The molecule has 0 aliphatic rings. The van der Waals surface area contributed by atoms with E-state index >= 15 is 0 Å². The molecular weight excluding hydrogens is 238 g/mol. The van der Waals surface area contributed by atoms with Crippen molar-refractivity contribution in [3.8, 4) is 11.5 Å². The highest BCUT2D eigenvalue weighted by Gasteiger charge is 2.09. The maximum absolute atomic E-state index is 5.57. The normalized spacial score (nSPS) is 10.8. The summed E-state index contributed by atoms with van der Waals surface area (Å²) in [6.45, 7) is 9.02. The van der Waals surface area contributed by atoms with E-state index in [0.29, 0.717) is 6.61 Å². The van der Waals surface area contributed by atoms with Gasteiger partial charge in [0, 0.05) is 12.1 Å². The third-order valence-electron chi connectivity index (χ3n) is 3.01. The lowest BCUT2D eigenvalue weighted by Crippen LogP contribution is -2.16. The fourth-order valence-electron chi connectivity index (χ4n) is 2.06. The number of rotatable bonds is 9. The second kappa shape index (κ2) is 8.81. The molecule has 3 nitrogen and oxygen atoms in total. The Bertz CT molecular complexity index is 364. The van der Waals surface area contributed by atoms with E-state index in [9.17, 15) is 0 Å². The van der Waals surface area contributed by atoms with Gasteiger partial charge >= 0.3 is 0 Å². The van der Waals surface area contributed by atoms with Crippen LogP contribution in [0.3, 0.4) is 0 Å². The maximum atomic E-state index is 5.57. The summed E-state index contributed by atoms with van der Waals surface area (Å²) in [4.78, 5) is 0. The molecule has 108 valence electrons. The highest BCUT2D eigenvalue weighted by molar-refractivity contribution is 5.46. The minimum absolute atomic E-state index is 0.654. The molecule has 19 heavy (non-hydrogen) atoms. The van der Waals surface area contributed by atoms with Crippen LogP contribution in [0, 0.1) is 5.92 Å². The summed E-state index contributed by atoms with van der Waals surface area (Å²) in [5.74, 6) is 2.45. The molecule has 0 bridgehead atoms. The molecule has 1 aromatic rings. The Kier molecular flexibility index (Phi) is 7.34. The Balaban J connectivity index is 2.50. The Hall–Kier alpha value is -1.22. The van der Waals surface area contributed by atoms with E-state index < -0.39 is 0 Å². The van der Waals surface area contributed by atoms with Crippen molar-refractivity contribution < 1.29 is 9.47 Å². The number of benzene rings is 1. The minimum atomic E-state index is 0.654. The first-order chi connectivity index (χ1) is 9.19. The second-order valence-corrected chi connectivity index (χ2v) is 5.09. The number of ether oxygens (including phenoxy) is 2. The topological polar surface area (TPSA) is 30.5 Å². The smallest absolute Gasteiger partial charge is 0.165 e. The SMILES string of the molecule is CCOc1cccc(CNCCCC(C)C)c1OC. The van der Waals surface area contributed by atoms with Gasteiger partial charge in [0.2, 0.25) is 0 Å². The number of para-hydroxylation sites is 1. The first-order valence-corrected chi connectivity index (χ1v) is 7.18. The van der Waals surface area contributed by atoms with Gasteiger partial charge in [0.25, 0.3) is 0 Å². The number of nitrogens with one attached hydrogen (secondary N) is 1. The molecule has 3 heteroatoms. The summed E-state index contributed by atoms with van der Waals surface area (Å²) in [7, 11) is 1.69. The highest BCUT2D eigenvalue weighted by Crippen LogP contribution is 2.30. The van der Waals surface area contributed by atoms with E-state index in [0.717, 1.165) is 36.1 Å². The van der Waals surface area contributed by atoms with Gasteiger partial charge in [-0.15, -0.1) is 0 Å². The highest BCUT2D eigenvalue weighted by atomic mass is 16.5. The minimum Gasteiger partial charge on any atom is -0.493 e. The van der Waals surface area contributed by atoms with Crippen LogP contribution in [0.4, 0.5) is 0 Å². The van der Waals surface area contributed by atoms with Crippen LogP contribution in [0.2, 0.25) is 0 Å². The van der Waals surface area contributed by atoms with Gasteiger partial charge in [-0.25, -0.2) is 0 Å². The van der Waals surface area contributed by atoms with Gasteiger partial charge in [-0.1, -0.05) is 26.0 Å². The Labute approximate surface area is 117 Å². The van der Waals surface area contributed by atoms with Crippen LogP contribution in [0.1, 0.15) is 39.2 Å². The van der Waals surface area contributed by atoms with E-state index in [-0.39, 0.29) is 0 Å². The first-order valence-electron chi connectivity index (χ1n) is 7.18. The molecule has 0 radical (unpaired) electrons. The zero-order valence-electron chi connectivity index (χ0n) is 12.7. The van der Waals surface area contributed by atoms with Gasteiger partial charge in [0.05, 0.1) is 13.7 Å². The van der Waals surface area contributed by atoms with Crippen molar-refractivity contribution in [3.05, 3.63) is 23.8 Å². The number of methoxy groups -OCH3 is 1. The molecule has 0 saturated carbocycles. The van der Waals surface area contributed by atoms with Crippen molar-refractivity contribution in [2.75, 3.05) is 20.3 Å². The maximum Gasteiger partial charge on any atom is 0.165 e.